The fourth-order valence-corrected chi connectivity index (χ4v) is 4.24. The van der Waals surface area contributed by atoms with Gasteiger partial charge in [-0.3, -0.25) is 9.59 Å². The molecule has 0 aliphatic rings. The van der Waals surface area contributed by atoms with Crippen LogP contribution in [-0.2, 0) is 0 Å². The largest absolute Gasteiger partial charge is 0.356 e. The van der Waals surface area contributed by atoms with Crippen molar-refractivity contribution in [3.05, 3.63) is 146 Å². The first-order valence-electron chi connectivity index (χ1n) is 13.9. The van der Waals surface area contributed by atoms with Crippen molar-refractivity contribution in [1.29, 1.82) is 0 Å². The molecule has 0 saturated carbocycles. The number of carbonyl (C=O) groups excluding carboxylic acids is 2. The SMILES string of the molecule is CC.O=C(Nc1ccc(Nc2ccc(NC(=O)c3ccc(-n4ccnc4)cc3)cc2)cc1)c1ccc(-n2ccnc2)cc1.[HH].[HH].[HH]. The Morgan fingerprint density at radius 3 is 1.21 bits per heavy atom. The van der Waals surface area contributed by atoms with Crippen molar-refractivity contribution in [1.82, 2.24) is 19.1 Å². The molecule has 2 heterocycles. The molecule has 43 heavy (non-hydrogen) atoms. The number of rotatable bonds is 8. The maximum absolute atomic E-state index is 12.7. The molecule has 0 radical (unpaired) electrons. The van der Waals surface area contributed by atoms with Gasteiger partial charge >= 0.3 is 0 Å². The Morgan fingerprint density at radius 1 is 0.535 bits per heavy atom. The fourth-order valence-electron chi connectivity index (χ4n) is 4.24. The molecule has 0 unspecified atom stereocenters. The van der Waals surface area contributed by atoms with Gasteiger partial charge in [0.1, 0.15) is 0 Å². The van der Waals surface area contributed by atoms with Gasteiger partial charge in [-0.05, 0) is 97.1 Å². The zero-order chi connectivity index (χ0) is 30.0. The van der Waals surface area contributed by atoms with Crippen LogP contribution in [0.3, 0.4) is 0 Å². The lowest BCUT2D eigenvalue weighted by Crippen LogP contribution is -2.12. The first kappa shape index (κ1) is 28.6. The number of carbonyl (C=O) groups is 2. The smallest absolute Gasteiger partial charge is 0.255 e. The summed E-state index contributed by atoms with van der Waals surface area (Å²) in [5, 5.41) is 9.17. The van der Waals surface area contributed by atoms with Gasteiger partial charge in [0.15, 0.2) is 0 Å². The monoisotopic (exact) mass is 575 g/mol. The van der Waals surface area contributed by atoms with E-state index in [0.717, 1.165) is 22.7 Å². The molecule has 0 spiro atoms. The second-order valence-electron chi connectivity index (χ2n) is 9.22. The van der Waals surface area contributed by atoms with E-state index in [1.807, 2.05) is 108 Å². The molecule has 0 fully saturated rings. The van der Waals surface area contributed by atoms with Gasteiger partial charge in [0, 0.05) is 74.3 Å². The van der Waals surface area contributed by atoms with Crippen molar-refractivity contribution in [3.63, 3.8) is 0 Å². The summed E-state index contributed by atoms with van der Waals surface area (Å²) in [5.74, 6) is -0.371. The van der Waals surface area contributed by atoms with Crippen LogP contribution >= 0.6 is 0 Å². The Hall–Kier alpha value is -5.96. The highest BCUT2D eigenvalue weighted by atomic mass is 16.2. The Kier molecular flexibility index (Phi) is 9.03. The molecule has 0 aliphatic carbocycles. The Balaban J connectivity index is 0.00000144. The maximum Gasteiger partial charge on any atom is 0.255 e. The van der Waals surface area contributed by atoms with E-state index in [-0.39, 0.29) is 16.1 Å². The van der Waals surface area contributed by atoms with E-state index in [0.29, 0.717) is 22.5 Å². The molecule has 4 aromatic carbocycles. The quantitative estimate of drug-likeness (QED) is 0.170. The van der Waals surface area contributed by atoms with Crippen molar-refractivity contribution in [2.45, 2.75) is 13.8 Å². The van der Waals surface area contributed by atoms with Gasteiger partial charge in [-0.25, -0.2) is 9.97 Å². The number of anilines is 4. The lowest BCUT2D eigenvalue weighted by atomic mass is 10.1. The Morgan fingerprint density at radius 2 is 0.884 bits per heavy atom. The second kappa shape index (κ2) is 13.6. The summed E-state index contributed by atoms with van der Waals surface area (Å²) in [6.07, 6.45) is 10.5. The number of hydrogen-bond acceptors (Lipinski definition) is 5. The van der Waals surface area contributed by atoms with Crippen LogP contribution in [0.25, 0.3) is 11.4 Å². The molecule has 3 N–H and O–H groups in total. The van der Waals surface area contributed by atoms with E-state index in [4.69, 9.17) is 0 Å². The van der Waals surface area contributed by atoms with Crippen LogP contribution in [0.2, 0.25) is 0 Å². The zero-order valence-electron chi connectivity index (χ0n) is 23.8. The van der Waals surface area contributed by atoms with Crippen LogP contribution in [0.4, 0.5) is 22.7 Å². The minimum atomic E-state index is -0.185. The number of imidazole rings is 2. The molecule has 9 heteroatoms. The van der Waals surface area contributed by atoms with Crippen molar-refractivity contribution in [3.8, 4) is 11.4 Å². The minimum absolute atomic E-state index is 0. The highest BCUT2D eigenvalue weighted by molar-refractivity contribution is 6.05. The third-order valence-electron chi connectivity index (χ3n) is 6.44. The number of aromatic nitrogens is 4. The summed E-state index contributed by atoms with van der Waals surface area (Å²) in [6.45, 7) is 4.00. The molecule has 0 atom stereocenters. The van der Waals surface area contributed by atoms with E-state index in [2.05, 4.69) is 25.9 Å². The molecule has 2 amide bonds. The summed E-state index contributed by atoms with van der Waals surface area (Å²) in [6, 6.07) is 29.6. The van der Waals surface area contributed by atoms with Crippen molar-refractivity contribution in [2.75, 3.05) is 16.0 Å². The third kappa shape index (κ3) is 7.22. The summed E-state index contributed by atoms with van der Waals surface area (Å²) in [4.78, 5) is 33.4. The Labute approximate surface area is 254 Å². The minimum Gasteiger partial charge on any atom is -0.356 e. The average Bonchev–Trinajstić information content (AvgIpc) is 3.80. The molecular weight excluding hydrogens is 538 g/mol. The molecule has 220 valence electrons. The van der Waals surface area contributed by atoms with E-state index in [1.54, 1.807) is 49.3 Å². The van der Waals surface area contributed by atoms with Gasteiger partial charge in [-0.2, -0.15) is 0 Å². The molecule has 9 nitrogen and oxygen atoms in total. The first-order valence-corrected chi connectivity index (χ1v) is 13.9. The van der Waals surface area contributed by atoms with E-state index in [9.17, 15) is 9.59 Å². The second-order valence-corrected chi connectivity index (χ2v) is 9.22. The van der Waals surface area contributed by atoms with Gasteiger partial charge in [0.25, 0.3) is 11.8 Å². The van der Waals surface area contributed by atoms with Crippen LogP contribution in [0.15, 0.2) is 135 Å². The van der Waals surface area contributed by atoms with Crippen LogP contribution in [0.5, 0.6) is 0 Å². The number of nitrogens with zero attached hydrogens (tertiary/aromatic N) is 4. The zero-order valence-corrected chi connectivity index (χ0v) is 23.8. The van der Waals surface area contributed by atoms with Gasteiger partial charge in [0.05, 0.1) is 12.7 Å². The number of amides is 2. The summed E-state index contributed by atoms with van der Waals surface area (Å²) < 4.78 is 3.75. The standard InChI is InChI=1S/C32H25N7O2.C2H6.3H2/c40-31(23-1-13-29(14-2-23)38-19-17-33-21-38)36-27-9-5-25(6-10-27)35-26-7-11-28(12-8-26)37-32(41)24-3-15-30(16-4-24)39-20-18-34-22-39;1-2;;;/h1-22,35H,(H,36,40)(H,37,41);1-2H3;3*1H. The van der Waals surface area contributed by atoms with Crippen molar-refractivity contribution in [2.24, 2.45) is 0 Å². The molecule has 0 saturated heterocycles. The molecule has 6 aromatic rings. The molecular formula is C34H37N7O2. The first-order chi connectivity index (χ1) is 21.1. The van der Waals surface area contributed by atoms with Crippen LogP contribution in [0.1, 0.15) is 38.8 Å². The summed E-state index contributed by atoms with van der Waals surface area (Å²) in [7, 11) is 0. The van der Waals surface area contributed by atoms with Gasteiger partial charge in [0.2, 0.25) is 0 Å². The number of hydrogen-bond donors (Lipinski definition) is 3. The number of nitrogens with one attached hydrogen (secondary N) is 3. The topological polar surface area (TPSA) is 106 Å². The van der Waals surface area contributed by atoms with E-state index >= 15 is 0 Å². The molecule has 0 aliphatic heterocycles. The summed E-state index contributed by atoms with van der Waals surface area (Å²) in [5.41, 5.74) is 6.10. The maximum atomic E-state index is 12.7. The Bertz CT molecular complexity index is 1630. The van der Waals surface area contributed by atoms with Crippen LogP contribution in [0, 0.1) is 0 Å². The van der Waals surface area contributed by atoms with Gasteiger partial charge in [-0.1, -0.05) is 13.8 Å². The number of benzene rings is 4. The highest BCUT2D eigenvalue weighted by Crippen LogP contribution is 2.22. The van der Waals surface area contributed by atoms with Gasteiger partial charge in [-0.15, -0.1) is 0 Å². The van der Waals surface area contributed by atoms with Crippen LogP contribution < -0.4 is 16.0 Å². The van der Waals surface area contributed by atoms with E-state index in [1.165, 1.54) is 0 Å². The van der Waals surface area contributed by atoms with Gasteiger partial charge < -0.3 is 25.1 Å². The molecule has 2 aromatic heterocycles. The fraction of sp³-hybridized carbons (Fsp3) is 0.0588. The third-order valence-corrected chi connectivity index (χ3v) is 6.44. The molecule has 6 rings (SSSR count). The predicted molar refractivity (Wildman–Crippen MR) is 177 cm³/mol. The average molecular weight is 576 g/mol. The highest BCUT2D eigenvalue weighted by Gasteiger charge is 2.08. The molecule has 0 bridgehead atoms. The normalized spacial score (nSPS) is 10.3. The predicted octanol–water partition coefficient (Wildman–Crippen LogP) is 8.07. The lowest BCUT2D eigenvalue weighted by Gasteiger charge is -2.11. The van der Waals surface area contributed by atoms with Crippen molar-refractivity contribution < 1.29 is 13.9 Å². The van der Waals surface area contributed by atoms with E-state index < -0.39 is 0 Å². The van der Waals surface area contributed by atoms with Crippen molar-refractivity contribution >= 4 is 34.6 Å². The van der Waals surface area contributed by atoms with Crippen LogP contribution in [-0.4, -0.2) is 30.9 Å². The lowest BCUT2D eigenvalue weighted by molar-refractivity contribution is 0.101. The summed E-state index contributed by atoms with van der Waals surface area (Å²) >= 11 is 0.